The number of halogens is 2. The maximum absolute atomic E-state index is 13.9. The third-order valence-corrected chi connectivity index (χ3v) is 7.17. The Kier molecular flexibility index (Phi) is 5.53. The number of anilines is 1. The van der Waals surface area contributed by atoms with E-state index in [1.54, 1.807) is 6.92 Å². The summed E-state index contributed by atoms with van der Waals surface area (Å²) in [6.07, 6.45) is 7.18. The Morgan fingerprint density at radius 1 is 1.12 bits per heavy atom. The first kappa shape index (κ1) is 21.2. The number of carbonyl (C=O) groups excluding carboxylic acids is 1. The monoisotopic (exact) mass is 455 g/mol. The summed E-state index contributed by atoms with van der Waals surface area (Å²) in [5.74, 6) is 0.436. The Labute approximate surface area is 192 Å². The number of hydrogen-bond acceptors (Lipinski definition) is 4. The summed E-state index contributed by atoms with van der Waals surface area (Å²) in [5, 5.41) is 4.98. The summed E-state index contributed by atoms with van der Waals surface area (Å²) >= 11 is 6.35. The molecule has 0 aliphatic carbocycles. The Bertz CT molecular complexity index is 1190. The third kappa shape index (κ3) is 3.62. The van der Waals surface area contributed by atoms with Crippen LogP contribution >= 0.6 is 11.6 Å². The second-order valence-corrected chi connectivity index (χ2v) is 9.24. The third-order valence-electron chi connectivity index (χ3n) is 6.69. The van der Waals surface area contributed by atoms with Crippen molar-refractivity contribution in [3.8, 4) is 0 Å². The van der Waals surface area contributed by atoms with E-state index in [2.05, 4.69) is 11.8 Å². The van der Waals surface area contributed by atoms with Crippen molar-refractivity contribution in [1.82, 2.24) is 19.5 Å². The first-order chi connectivity index (χ1) is 15.4. The molecule has 1 amide bonds. The zero-order chi connectivity index (χ0) is 22.4. The van der Waals surface area contributed by atoms with E-state index in [1.807, 2.05) is 21.7 Å². The van der Waals surface area contributed by atoms with E-state index < -0.39 is 5.82 Å². The van der Waals surface area contributed by atoms with Gasteiger partial charge < -0.3 is 9.80 Å². The molecule has 2 saturated heterocycles. The summed E-state index contributed by atoms with van der Waals surface area (Å²) in [4.78, 5) is 22.5. The first-order valence-corrected chi connectivity index (χ1v) is 11.7. The standard InChI is InChI=1S/C24H27ClFN5O/c1-15-14-31-21(27-23(15)29-10-5-6-11-29)13-19(28-31)20-7-3-4-12-30(20)24(32)17-8-9-18(26)16(2)22(17)25/h8-9,13-14,20H,3-7,10-12H2,1-2H3/t20-/m0/s1. The Hall–Kier alpha value is -2.67. The quantitative estimate of drug-likeness (QED) is 0.551. The fourth-order valence-corrected chi connectivity index (χ4v) is 5.13. The number of amides is 1. The molecule has 2 aliphatic rings. The summed E-state index contributed by atoms with van der Waals surface area (Å²) in [5.41, 5.74) is 3.36. The smallest absolute Gasteiger partial charge is 0.255 e. The van der Waals surface area contributed by atoms with Crippen LogP contribution in [0.3, 0.4) is 0 Å². The zero-order valence-corrected chi connectivity index (χ0v) is 19.2. The molecule has 5 rings (SSSR count). The molecule has 0 bridgehead atoms. The molecule has 2 aromatic heterocycles. The summed E-state index contributed by atoms with van der Waals surface area (Å²) in [6.45, 7) is 6.35. The number of hydrogen-bond donors (Lipinski definition) is 0. The van der Waals surface area contributed by atoms with E-state index in [-0.39, 0.29) is 17.0 Å². The van der Waals surface area contributed by atoms with Crippen LogP contribution in [0, 0.1) is 19.7 Å². The number of nitrogens with zero attached hydrogens (tertiary/aromatic N) is 5. The van der Waals surface area contributed by atoms with Crippen molar-refractivity contribution in [2.75, 3.05) is 24.5 Å². The van der Waals surface area contributed by atoms with Gasteiger partial charge in [0.25, 0.3) is 5.91 Å². The van der Waals surface area contributed by atoms with Gasteiger partial charge in [-0.15, -0.1) is 0 Å². The lowest BCUT2D eigenvalue weighted by atomic mass is 9.98. The van der Waals surface area contributed by atoms with Gasteiger partial charge >= 0.3 is 0 Å². The van der Waals surface area contributed by atoms with Gasteiger partial charge in [-0.1, -0.05) is 11.6 Å². The molecule has 168 valence electrons. The largest absolute Gasteiger partial charge is 0.356 e. The molecule has 1 aromatic carbocycles. The molecular formula is C24H27ClFN5O. The van der Waals surface area contributed by atoms with Crippen LogP contribution in [0.15, 0.2) is 24.4 Å². The minimum Gasteiger partial charge on any atom is -0.356 e. The minimum absolute atomic E-state index is 0.157. The van der Waals surface area contributed by atoms with Crippen molar-refractivity contribution in [1.29, 1.82) is 0 Å². The molecule has 2 fully saturated rings. The average molecular weight is 456 g/mol. The van der Waals surface area contributed by atoms with Crippen LogP contribution in [-0.2, 0) is 0 Å². The minimum atomic E-state index is -0.405. The number of fused-ring (bicyclic) bond motifs is 1. The van der Waals surface area contributed by atoms with E-state index in [0.29, 0.717) is 17.7 Å². The highest BCUT2D eigenvalue weighted by Gasteiger charge is 2.32. The molecule has 32 heavy (non-hydrogen) atoms. The summed E-state index contributed by atoms with van der Waals surface area (Å²) in [6, 6.07) is 4.63. The van der Waals surface area contributed by atoms with E-state index in [9.17, 15) is 9.18 Å². The van der Waals surface area contributed by atoms with Gasteiger partial charge in [-0.05, 0) is 58.1 Å². The molecule has 6 nitrogen and oxygen atoms in total. The van der Waals surface area contributed by atoms with Crippen LogP contribution in [0.4, 0.5) is 10.2 Å². The highest BCUT2D eigenvalue weighted by atomic mass is 35.5. The topological polar surface area (TPSA) is 53.7 Å². The number of aryl methyl sites for hydroxylation is 1. The average Bonchev–Trinajstić information content (AvgIpc) is 3.46. The van der Waals surface area contributed by atoms with Crippen LogP contribution in [-0.4, -0.2) is 45.0 Å². The van der Waals surface area contributed by atoms with Gasteiger partial charge in [0.05, 0.1) is 22.3 Å². The van der Waals surface area contributed by atoms with Crippen molar-refractivity contribution in [3.05, 3.63) is 57.6 Å². The lowest BCUT2D eigenvalue weighted by Crippen LogP contribution is -2.39. The van der Waals surface area contributed by atoms with Crippen LogP contribution in [0.2, 0.25) is 5.02 Å². The number of aromatic nitrogens is 3. The fourth-order valence-electron chi connectivity index (χ4n) is 4.89. The Morgan fingerprint density at radius 3 is 2.66 bits per heavy atom. The van der Waals surface area contributed by atoms with Gasteiger partial charge in [-0.2, -0.15) is 5.10 Å². The molecule has 0 unspecified atom stereocenters. The van der Waals surface area contributed by atoms with E-state index in [1.165, 1.54) is 25.0 Å². The molecule has 4 heterocycles. The van der Waals surface area contributed by atoms with Crippen molar-refractivity contribution < 1.29 is 9.18 Å². The van der Waals surface area contributed by atoms with E-state index >= 15 is 0 Å². The van der Waals surface area contributed by atoms with Crippen LogP contribution < -0.4 is 4.90 Å². The molecule has 0 radical (unpaired) electrons. The van der Waals surface area contributed by atoms with Crippen molar-refractivity contribution in [3.63, 3.8) is 0 Å². The SMILES string of the molecule is Cc1cn2nc([C@@H]3CCCCN3C(=O)c3ccc(F)c(C)c3Cl)cc2nc1N1CCCC1. The van der Waals surface area contributed by atoms with Gasteiger partial charge in [-0.3, -0.25) is 4.79 Å². The van der Waals surface area contributed by atoms with Gasteiger partial charge in [0.2, 0.25) is 0 Å². The molecule has 8 heteroatoms. The highest BCUT2D eigenvalue weighted by molar-refractivity contribution is 6.34. The van der Waals surface area contributed by atoms with Crippen LogP contribution in [0.5, 0.6) is 0 Å². The van der Waals surface area contributed by atoms with Gasteiger partial charge in [0.1, 0.15) is 11.6 Å². The van der Waals surface area contributed by atoms with Gasteiger partial charge in [0.15, 0.2) is 5.65 Å². The lowest BCUT2D eigenvalue weighted by Gasteiger charge is -2.35. The van der Waals surface area contributed by atoms with E-state index in [0.717, 1.165) is 55.1 Å². The predicted octanol–water partition coefficient (Wildman–Crippen LogP) is 5.11. The van der Waals surface area contributed by atoms with Crippen molar-refractivity contribution in [2.45, 2.75) is 52.0 Å². The molecule has 0 N–H and O–H groups in total. The lowest BCUT2D eigenvalue weighted by molar-refractivity contribution is 0.0605. The fraction of sp³-hybridized carbons (Fsp3) is 0.458. The molecule has 2 aliphatic heterocycles. The normalized spacial score (nSPS) is 19.2. The Balaban J connectivity index is 1.49. The number of likely N-dealkylation sites (tertiary alicyclic amines) is 1. The Morgan fingerprint density at radius 2 is 1.88 bits per heavy atom. The maximum Gasteiger partial charge on any atom is 0.255 e. The van der Waals surface area contributed by atoms with Crippen molar-refractivity contribution in [2.24, 2.45) is 0 Å². The second-order valence-electron chi connectivity index (χ2n) is 8.86. The summed E-state index contributed by atoms with van der Waals surface area (Å²) < 4.78 is 15.7. The summed E-state index contributed by atoms with van der Waals surface area (Å²) in [7, 11) is 0. The van der Waals surface area contributed by atoms with Crippen LogP contribution in [0.25, 0.3) is 5.65 Å². The molecule has 0 spiro atoms. The molecule has 0 saturated carbocycles. The second kappa shape index (κ2) is 8.35. The maximum atomic E-state index is 13.9. The highest BCUT2D eigenvalue weighted by Crippen LogP contribution is 2.34. The van der Waals surface area contributed by atoms with Crippen molar-refractivity contribution >= 4 is 29.0 Å². The molecule has 3 aromatic rings. The van der Waals surface area contributed by atoms with Crippen LogP contribution in [0.1, 0.15) is 65.3 Å². The van der Waals surface area contributed by atoms with Gasteiger partial charge in [-0.25, -0.2) is 13.9 Å². The zero-order valence-electron chi connectivity index (χ0n) is 18.4. The number of benzene rings is 1. The molecule has 1 atom stereocenters. The first-order valence-electron chi connectivity index (χ1n) is 11.3. The number of carbonyl (C=O) groups is 1. The van der Waals surface area contributed by atoms with Gasteiger partial charge in [0, 0.05) is 43.0 Å². The number of rotatable bonds is 3. The predicted molar refractivity (Wildman–Crippen MR) is 123 cm³/mol. The number of piperidine rings is 1. The molecular weight excluding hydrogens is 429 g/mol. The van der Waals surface area contributed by atoms with E-state index in [4.69, 9.17) is 21.7 Å².